The van der Waals surface area contributed by atoms with Gasteiger partial charge in [-0.2, -0.15) is 5.10 Å². The minimum absolute atomic E-state index is 0.0116. The normalized spacial score (nSPS) is 15.5. The number of hydrogen-bond donors (Lipinski definition) is 0. The number of amides is 2. The second kappa shape index (κ2) is 12.8. The molecule has 0 unspecified atom stereocenters. The molecule has 0 spiro atoms. The molecule has 7 nitrogen and oxygen atoms in total. The van der Waals surface area contributed by atoms with Gasteiger partial charge in [-0.25, -0.2) is 0 Å². The largest absolute Gasteiger partial charge is 0.340 e. The maximum atomic E-state index is 13.8. The lowest BCUT2D eigenvalue weighted by atomic mass is 9.99. The van der Waals surface area contributed by atoms with Crippen LogP contribution in [0.25, 0.3) is 0 Å². The van der Waals surface area contributed by atoms with Gasteiger partial charge in [0, 0.05) is 68.6 Å². The maximum Gasteiger partial charge on any atom is 0.258 e. The quantitative estimate of drug-likeness (QED) is 0.352. The zero-order valence-corrected chi connectivity index (χ0v) is 24.4. The number of hydrogen-bond acceptors (Lipinski definition) is 4. The molecule has 2 amide bonds. The fourth-order valence-electron chi connectivity index (χ4n) is 6.06. The molecule has 5 rings (SSSR count). The maximum absolute atomic E-state index is 13.8. The van der Waals surface area contributed by atoms with E-state index < -0.39 is 0 Å². The van der Waals surface area contributed by atoms with Crippen LogP contribution in [0.5, 0.6) is 0 Å². The molecule has 1 saturated heterocycles. The zero-order valence-electron chi connectivity index (χ0n) is 24.4. The van der Waals surface area contributed by atoms with Crippen molar-refractivity contribution in [1.82, 2.24) is 19.6 Å². The van der Waals surface area contributed by atoms with Crippen LogP contribution >= 0.6 is 0 Å². The molecule has 1 fully saturated rings. The van der Waals surface area contributed by atoms with Gasteiger partial charge in [-0.15, -0.1) is 0 Å². The van der Waals surface area contributed by atoms with E-state index in [1.807, 2.05) is 71.0 Å². The minimum atomic E-state index is -0.0116. The number of unbranched alkanes of at least 4 members (excludes halogenated alkanes) is 3. The van der Waals surface area contributed by atoms with Crippen LogP contribution in [0.15, 0.2) is 48.7 Å². The van der Waals surface area contributed by atoms with Gasteiger partial charge in [0.2, 0.25) is 5.91 Å². The van der Waals surface area contributed by atoms with E-state index in [0.29, 0.717) is 24.9 Å². The van der Waals surface area contributed by atoms with Gasteiger partial charge >= 0.3 is 0 Å². The molecule has 2 aromatic carbocycles. The predicted octanol–water partition coefficient (Wildman–Crippen LogP) is 5.14. The van der Waals surface area contributed by atoms with E-state index in [9.17, 15) is 9.59 Å². The number of aromatic nitrogens is 2. The first-order chi connectivity index (χ1) is 19.4. The van der Waals surface area contributed by atoms with Crippen molar-refractivity contribution in [2.75, 3.05) is 37.6 Å². The van der Waals surface area contributed by atoms with Crippen LogP contribution in [-0.4, -0.2) is 64.1 Å². The highest BCUT2D eigenvalue weighted by atomic mass is 16.2. The van der Waals surface area contributed by atoms with Gasteiger partial charge in [0.25, 0.3) is 5.91 Å². The number of benzene rings is 2. The highest BCUT2D eigenvalue weighted by Crippen LogP contribution is 2.31. The molecule has 1 aromatic heterocycles. The van der Waals surface area contributed by atoms with Crippen LogP contribution < -0.4 is 4.90 Å². The third kappa shape index (κ3) is 6.30. The van der Waals surface area contributed by atoms with Crippen molar-refractivity contribution in [3.8, 4) is 0 Å². The second-order valence-electron chi connectivity index (χ2n) is 11.4. The Morgan fingerprint density at radius 3 is 2.52 bits per heavy atom. The van der Waals surface area contributed by atoms with E-state index in [1.165, 1.54) is 25.7 Å². The summed E-state index contributed by atoms with van der Waals surface area (Å²) in [6.07, 6.45) is 8.97. The fourth-order valence-corrected chi connectivity index (χ4v) is 6.06. The highest BCUT2D eigenvalue weighted by molar-refractivity contribution is 6.06. The van der Waals surface area contributed by atoms with Gasteiger partial charge in [-0.3, -0.25) is 19.2 Å². The van der Waals surface area contributed by atoms with E-state index in [-0.39, 0.29) is 11.8 Å². The molecule has 212 valence electrons. The standard InChI is InChI=1S/C33H43N5O2/c1-4-5-6-9-16-36-17-19-37(20-18-36)32(39)15-14-26-12-13-28(21-25(26)2)33(40)38-24-29-23-34-35(3)31(29)22-27-10-7-8-11-30(27)38/h7-8,10-13,21,23H,4-6,9,14-20,22,24H2,1-3H3. The number of anilines is 1. The summed E-state index contributed by atoms with van der Waals surface area (Å²) in [4.78, 5) is 33.2. The van der Waals surface area contributed by atoms with Crippen LogP contribution in [0.3, 0.4) is 0 Å². The summed E-state index contributed by atoms with van der Waals surface area (Å²) in [5.41, 5.74) is 7.17. The summed E-state index contributed by atoms with van der Waals surface area (Å²) in [5.74, 6) is 0.223. The molecule has 40 heavy (non-hydrogen) atoms. The number of rotatable bonds is 9. The molecule has 2 aliphatic rings. The number of fused-ring (bicyclic) bond motifs is 2. The van der Waals surface area contributed by atoms with E-state index in [2.05, 4.69) is 23.0 Å². The molecule has 0 radical (unpaired) electrons. The Labute approximate surface area is 238 Å². The van der Waals surface area contributed by atoms with Gasteiger partial charge in [-0.1, -0.05) is 50.5 Å². The van der Waals surface area contributed by atoms with Gasteiger partial charge in [0.05, 0.1) is 12.7 Å². The first-order valence-electron chi connectivity index (χ1n) is 14.9. The number of carbonyl (C=O) groups excluding carboxylic acids is 2. The summed E-state index contributed by atoms with van der Waals surface area (Å²) < 4.78 is 1.91. The van der Waals surface area contributed by atoms with Crippen LogP contribution in [0.4, 0.5) is 5.69 Å². The Balaban J connectivity index is 1.19. The lowest BCUT2D eigenvalue weighted by molar-refractivity contribution is -0.132. The molecule has 2 aliphatic heterocycles. The smallest absolute Gasteiger partial charge is 0.258 e. The molecular formula is C33H43N5O2. The van der Waals surface area contributed by atoms with Crippen molar-refractivity contribution < 1.29 is 9.59 Å². The Morgan fingerprint density at radius 1 is 0.950 bits per heavy atom. The number of aryl methyl sites for hydroxylation is 3. The third-order valence-electron chi connectivity index (χ3n) is 8.61. The Bertz CT molecular complexity index is 1340. The first kappa shape index (κ1) is 28.1. The third-order valence-corrected chi connectivity index (χ3v) is 8.61. The monoisotopic (exact) mass is 541 g/mol. The average Bonchev–Trinajstić information content (AvgIpc) is 3.22. The highest BCUT2D eigenvalue weighted by Gasteiger charge is 2.27. The average molecular weight is 542 g/mol. The molecular weight excluding hydrogens is 498 g/mol. The van der Waals surface area contributed by atoms with Crippen LogP contribution in [-0.2, 0) is 31.2 Å². The van der Waals surface area contributed by atoms with Crippen molar-refractivity contribution in [1.29, 1.82) is 0 Å². The summed E-state index contributed by atoms with van der Waals surface area (Å²) in [7, 11) is 1.96. The molecule has 0 aliphatic carbocycles. The summed E-state index contributed by atoms with van der Waals surface area (Å²) in [6.45, 7) is 9.56. The van der Waals surface area contributed by atoms with Crippen molar-refractivity contribution in [3.63, 3.8) is 0 Å². The SMILES string of the molecule is CCCCCCN1CCN(C(=O)CCc2ccc(C(=O)N3Cc4cnn(C)c4Cc4ccccc43)cc2C)CC1. The van der Waals surface area contributed by atoms with E-state index in [1.54, 1.807) is 0 Å². The number of nitrogens with zero attached hydrogens (tertiary/aromatic N) is 5. The Morgan fingerprint density at radius 2 is 1.75 bits per heavy atom. The van der Waals surface area contributed by atoms with Crippen LogP contribution in [0.1, 0.15) is 77.3 Å². The molecule has 0 N–H and O–H groups in total. The summed E-state index contributed by atoms with van der Waals surface area (Å²) in [5, 5.41) is 4.44. The van der Waals surface area contributed by atoms with E-state index in [4.69, 9.17) is 0 Å². The molecule has 0 atom stereocenters. The topological polar surface area (TPSA) is 61.7 Å². The Hall–Kier alpha value is -3.45. The van der Waals surface area contributed by atoms with E-state index >= 15 is 0 Å². The first-order valence-corrected chi connectivity index (χ1v) is 14.9. The van der Waals surface area contributed by atoms with Crippen molar-refractivity contribution in [3.05, 3.63) is 82.2 Å². The molecule has 7 heteroatoms. The van der Waals surface area contributed by atoms with Crippen molar-refractivity contribution >= 4 is 17.5 Å². The molecule has 0 saturated carbocycles. The van der Waals surface area contributed by atoms with Gasteiger partial charge in [0.15, 0.2) is 0 Å². The summed E-state index contributed by atoms with van der Waals surface area (Å²) in [6, 6.07) is 14.1. The zero-order chi connectivity index (χ0) is 28.1. The number of piperazine rings is 1. The molecule has 3 aromatic rings. The Kier molecular flexibility index (Phi) is 9.00. The molecule has 0 bridgehead atoms. The lowest BCUT2D eigenvalue weighted by Gasteiger charge is -2.35. The second-order valence-corrected chi connectivity index (χ2v) is 11.4. The molecule has 3 heterocycles. The van der Waals surface area contributed by atoms with Crippen LogP contribution in [0.2, 0.25) is 0 Å². The van der Waals surface area contributed by atoms with Crippen LogP contribution in [0, 0.1) is 6.92 Å². The van der Waals surface area contributed by atoms with Gasteiger partial charge < -0.3 is 9.80 Å². The fraction of sp³-hybridized carbons (Fsp3) is 0.485. The van der Waals surface area contributed by atoms with Crippen molar-refractivity contribution in [2.24, 2.45) is 7.05 Å². The number of para-hydroxylation sites is 1. The van der Waals surface area contributed by atoms with Gasteiger partial charge in [-0.05, 0) is 61.2 Å². The number of carbonyl (C=O) groups is 2. The predicted molar refractivity (Wildman–Crippen MR) is 160 cm³/mol. The minimum Gasteiger partial charge on any atom is -0.340 e. The van der Waals surface area contributed by atoms with Gasteiger partial charge in [0.1, 0.15) is 0 Å². The van der Waals surface area contributed by atoms with Crippen molar-refractivity contribution in [2.45, 2.75) is 65.3 Å². The lowest BCUT2D eigenvalue weighted by Crippen LogP contribution is -2.48. The summed E-state index contributed by atoms with van der Waals surface area (Å²) >= 11 is 0. The van der Waals surface area contributed by atoms with E-state index in [0.717, 1.165) is 72.8 Å².